The number of amides is 3. The Morgan fingerprint density at radius 1 is 1.22 bits per heavy atom. The van der Waals surface area contributed by atoms with E-state index in [1.807, 2.05) is 17.4 Å². The number of methoxy groups -OCH3 is 1. The van der Waals surface area contributed by atoms with Crippen molar-refractivity contribution < 1.29 is 14.3 Å². The second-order valence-corrected chi connectivity index (χ2v) is 3.45. The second kappa shape index (κ2) is 5.13. The molecule has 18 heavy (non-hydrogen) atoms. The fraction of sp³-hybridized carbons (Fsp3) is 0.0833. The topological polar surface area (TPSA) is 80.3 Å². The minimum Gasteiger partial charge on any atom is -0.453 e. The number of para-hydroxylation sites is 1. The first-order valence-electron chi connectivity index (χ1n) is 5.20. The van der Waals surface area contributed by atoms with E-state index in [2.05, 4.69) is 15.0 Å². The lowest BCUT2D eigenvalue weighted by molar-refractivity contribution is 0.172. The molecule has 1 aromatic carbocycles. The van der Waals surface area contributed by atoms with Gasteiger partial charge in [-0.05, 0) is 12.1 Å². The van der Waals surface area contributed by atoms with Crippen LogP contribution in [0.1, 0.15) is 0 Å². The van der Waals surface area contributed by atoms with E-state index in [0.717, 1.165) is 5.39 Å². The Morgan fingerprint density at radius 3 is 2.78 bits per heavy atom. The van der Waals surface area contributed by atoms with E-state index < -0.39 is 12.1 Å². The number of fused-ring (bicyclic) bond motifs is 1. The van der Waals surface area contributed by atoms with Crippen LogP contribution in [0.15, 0.2) is 36.5 Å². The Hall–Kier alpha value is -2.63. The van der Waals surface area contributed by atoms with Gasteiger partial charge in [-0.3, -0.25) is 4.98 Å². The molecule has 3 amide bonds. The number of carbonyl (C=O) groups is 2. The molecule has 1 aromatic heterocycles. The molecule has 2 aromatic rings. The molecule has 0 fully saturated rings. The lowest BCUT2D eigenvalue weighted by Crippen LogP contribution is -2.34. The Bertz CT molecular complexity index is 593. The van der Waals surface area contributed by atoms with Gasteiger partial charge in [0.2, 0.25) is 0 Å². The van der Waals surface area contributed by atoms with Crippen molar-refractivity contribution in [3.05, 3.63) is 36.5 Å². The van der Waals surface area contributed by atoms with Gasteiger partial charge in [0, 0.05) is 11.6 Å². The number of carbonyl (C=O) groups excluding carboxylic acids is 2. The zero-order valence-corrected chi connectivity index (χ0v) is 9.64. The van der Waals surface area contributed by atoms with Gasteiger partial charge in [0.15, 0.2) is 0 Å². The van der Waals surface area contributed by atoms with Gasteiger partial charge < -0.3 is 10.1 Å². The largest absolute Gasteiger partial charge is 0.453 e. The van der Waals surface area contributed by atoms with Crippen LogP contribution in [0.2, 0.25) is 0 Å². The first-order valence-corrected chi connectivity index (χ1v) is 5.20. The van der Waals surface area contributed by atoms with E-state index in [-0.39, 0.29) is 0 Å². The lowest BCUT2D eigenvalue weighted by atomic mass is 10.2. The molecule has 0 saturated carbocycles. The normalized spacial score (nSPS) is 9.83. The third kappa shape index (κ3) is 2.54. The van der Waals surface area contributed by atoms with E-state index in [4.69, 9.17) is 0 Å². The number of imide groups is 1. The fourth-order valence-electron chi connectivity index (χ4n) is 1.50. The minimum atomic E-state index is -0.819. The molecule has 2 N–H and O–H groups in total. The summed E-state index contributed by atoms with van der Waals surface area (Å²) in [6.07, 6.45) is 0.812. The molecule has 92 valence electrons. The van der Waals surface area contributed by atoms with Crippen molar-refractivity contribution in [3.63, 3.8) is 0 Å². The number of rotatable bonds is 1. The summed E-state index contributed by atoms with van der Waals surface area (Å²) in [6.45, 7) is 0. The average Bonchev–Trinajstić information content (AvgIpc) is 2.39. The molecule has 0 unspecified atom stereocenters. The fourth-order valence-corrected chi connectivity index (χ4v) is 1.50. The zero-order chi connectivity index (χ0) is 13.0. The highest BCUT2D eigenvalue weighted by Crippen LogP contribution is 2.20. The van der Waals surface area contributed by atoms with Crippen molar-refractivity contribution in [1.29, 1.82) is 0 Å². The number of ether oxygens (including phenoxy) is 1. The molecule has 0 radical (unpaired) electrons. The van der Waals surface area contributed by atoms with Crippen molar-refractivity contribution >= 4 is 28.7 Å². The minimum absolute atomic E-state index is 0.523. The van der Waals surface area contributed by atoms with Crippen LogP contribution in [0.4, 0.5) is 15.3 Å². The highest BCUT2D eigenvalue weighted by atomic mass is 16.5. The molecule has 1 heterocycles. The molecular weight excluding hydrogens is 234 g/mol. The number of pyridine rings is 1. The van der Waals surface area contributed by atoms with Crippen LogP contribution in [0.3, 0.4) is 0 Å². The Morgan fingerprint density at radius 2 is 2.00 bits per heavy atom. The highest BCUT2D eigenvalue weighted by Gasteiger charge is 2.09. The van der Waals surface area contributed by atoms with Gasteiger partial charge in [-0.2, -0.15) is 0 Å². The van der Waals surface area contributed by atoms with Crippen LogP contribution in [0, 0.1) is 0 Å². The number of hydrogen-bond donors (Lipinski definition) is 2. The number of aromatic nitrogens is 1. The van der Waals surface area contributed by atoms with Gasteiger partial charge in [0.25, 0.3) is 0 Å². The van der Waals surface area contributed by atoms with Crippen molar-refractivity contribution in [2.24, 2.45) is 0 Å². The quantitative estimate of drug-likeness (QED) is 0.806. The summed E-state index contributed by atoms with van der Waals surface area (Å²) in [5, 5.41) is 5.44. The van der Waals surface area contributed by atoms with E-state index in [0.29, 0.717) is 11.2 Å². The predicted molar refractivity (Wildman–Crippen MR) is 66.3 cm³/mol. The highest BCUT2D eigenvalue weighted by molar-refractivity contribution is 6.03. The van der Waals surface area contributed by atoms with E-state index >= 15 is 0 Å². The third-order valence-electron chi connectivity index (χ3n) is 2.28. The Labute approximate surface area is 103 Å². The van der Waals surface area contributed by atoms with Crippen molar-refractivity contribution in [2.75, 3.05) is 12.4 Å². The molecule has 6 nitrogen and oxygen atoms in total. The first-order chi connectivity index (χ1) is 8.70. The third-order valence-corrected chi connectivity index (χ3v) is 2.28. The van der Waals surface area contributed by atoms with Gasteiger partial charge in [-0.15, -0.1) is 0 Å². The smallest absolute Gasteiger partial charge is 0.415 e. The van der Waals surface area contributed by atoms with Crippen molar-refractivity contribution in [2.45, 2.75) is 0 Å². The molecule has 0 aliphatic carbocycles. The predicted octanol–water partition coefficient (Wildman–Crippen LogP) is 2.12. The lowest BCUT2D eigenvalue weighted by Gasteiger charge is -2.07. The van der Waals surface area contributed by atoms with E-state index in [1.165, 1.54) is 7.11 Å². The summed E-state index contributed by atoms with van der Waals surface area (Å²) < 4.78 is 4.32. The summed E-state index contributed by atoms with van der Waals surface area (Å²) >= 11 is 0. The molecule has 0 spiro atoms. The number of hydrogen-bond acceptors (Lipinski definition) is 4. The van der Waals surface area contributed by atoms with Gasteiger partial charge in [0.1, 0.15) is 0 Å². The van der Waals surface area contributed by atoms with Crippen LogP contribution in [-0.2, 0) is 4.74 Å². The number of alkyl carbamates (subject to hydrolysis) is 1. The molecule has 0 bridgehead atoms. The van der Waals surface area contributed by atoms with Crippen LogP contribution in [0.25, 0.3) is 10.9 Å². The number of nitrogens with one attached hydrogen (secondary N) is 2. The Kier molecular flexibility index (Phi) is 3.38. The van der Waals surface area contributed by atoms with Crippen LogP contribution < -0.4 is 10.6 Å². The first kappa shape index (κ1) is 11.8. The van der Waals surface area contributed by atoms with Crippen molar-refractivity contribution in [1.82, 2.24) is 10.3 Å². The number of nitrogens with zero attached hydrogens (tertiary/aromatic N) is 1. The van der Waals surface area contributed by atoms with Crippen LogP contribution in [-0.4, -0.2) is 24.2 Å². The zero-order valence-electron chi connectivity index (χ0n) is 9.64. The average molecular weight is 245 g/mol. The molecule has 6 heteroatoms. The molecular formula is C12H11N3O3. The van der Waals surface area contributed by atoms with Gasteiger partial charge in [0.05, 0.1) is 18.3 Å². The summed E-state index contributed by atoms with van der Waals surface area (Å²) in [6, 6.07) is 8.39. The summed E-state index contributed by atoms with van der Waals surface area (Å²) in [7, 11) is 1.18. The monoisotopic (exact) mass is 245 g/mol. The standard InChI is InChI=1S/C12H11N3O3/c1-18-12(17)15-11(16)14-9-6-2-4-8-5-3-7-13-10(8)9/h2-7H,1H3,(H2,14,15,16,17). The number of urea groups is 1. The molecule has 0 aliphatic rings. The van der Waals surface area contributed by atoms with Gasteiger partial charge in [-0.1, -0.05) is 18.2 Å². The maximum atomic E-state index is 11.5. The van der Waals surface area contributed by atoms with Crippen molar-refractivity contribution in [3.8, 4) is 0 Å². The number of anilines is 1. The molecule has 2 rings (SSSR count). The van der Waals surface area contributed by atoms with Gasteiger partial charge in [-0.25, -0.2) is 14.9 Å². The van der Waals surface area contributed by atoms with E-state index in [9.17, 15) is 9.59 Å². The second-order valence-electron chi connectivity index (χ2n) is 3.45. The van der Waals surface area contributed by atoms with Gasteiger partial charge >= 0.3 is 12.1 Å². The number of benzene rings is 1. The van der Waals surface area contributed by atoms with Crippen LogP contribution >= 0.6 is 0 Å². The SMILES string of the molecule is COC(=O)NC(=O)Nc1cccc2cccnc12. The van der Waals surface area contributed by atoms with Crippen LogP contribution in [0.5, 0.6) is 0 Å². The Balaban J connectivity index is 2.21. The summed E-state index contributed by atoms with van der Waals surface area (Å²) in [4.78, 5) is 26.5. The summed E-state index contributed by atoms with van der Waals surface area (Å²) in [5.41, 5.74) is 1.18. The molecule has 0 saturated heterocycles. The summed E-state index contributed by atoms with van der Waals surface area (Å²) in [5.74, 6) is 0. The van der Waals surface area contributed by atoms with E-state index in [1.54, 1.807) is 24.4 Å². The maximum absolute atomic E-state index is 11.5. The molecule has 0 aliphatic heterocycles. The molecule has 0 atom stereocenters. The maximum Gasteiger partial charge on any atom is 0.415 e.